The molecule has 0 atom stereocenters. The standard InChI is InChI=1S/C9H4BrClF2N2O2S2/c10-4-1-6(13)7(2-5(4)12)15-19(16,17)8-3-14-9(11)18-8/h1-3,15H. The Labute approximate surface area is 124 Å². The molecule has 0 saturated carbocycles. The van der Waals surface area contributed by atoms with Gasteiger partial charge in [0.1, 0.15) is 11.6 Å². The molecule has 102 valence electrons. The summed E-state index contributed by atoms with van der Waals surface area (Å²) in [5.74, 6) is -1.70. The second kappa shape index (κ2) is 5.31. The van der Waals surface area contributed by atoms with Crippen molar-refractivity contribution < 1.29 is 17.2 Å². The number of halogens is 4. The molecule has 0 aliphatic carbocycles. The van der Waals surface area contributed by atoms with E-state index < -0.39 is 27.3 Å². The molecule has 1 aromatic heterocycles. The quantitative estimate of drug-likeness (QED) is 0.815. The van der Waals surface area contributed by atoms with Crippen LogP contribution in [0, 0.1) is 11.6 Å². The van der Waals surface area contributed by atoms with E-state index in [0.717, 1.165) is 18.3 Å². The lowest BCUT2D eigenvalue weighted by molar-refractivity contribution is 0.592. The minimum absolute atomic E-state index is 0.0304. The van der Waals surface area contributed by atoms with Crippen molar-refractivity contribution in [3.63, 3.8) is 0 Å². The molecule has 0 aliphatic heterocycles. The molecule has 1 aromatic carbocycles. The van der Waals surface area contributed by atoms with Crippen LogP contribution in [0.15, 0.2) is 27.0 Å². The number of hydrogen-bond donors (Lipinski definition) is 1. The molecule has 0 bridgehead atoms. The highest BCUT2D eigenvalue weighted by Crippen LogP contribution is 2.28. The largest absolute Gasteiger partial charge is 0.276 e. The average Bonchev–Trinajstić information content (AvgIpc) is 2.73. The van der Waals surface area contributed by atoms with Crippen molar-refractivity contribution in [3.05, 3.63) is 38.9 Å². The Hall–Kier alpha value is -0.770. The lowest BCUT2D eigenvalue weighted by Crippen LogP contribution is -2.13. The van der Waals surface area contributed by atoms with Crippen molar-refractivity contribution in [1.82, 2.24) is 4.98 Å². The smallest absolute Gasteiger partial charge is 0.273 e. The minimum Gasteiger partial charge on any atom is -0.276 e. The number of aromatic nitrogens is 1. The van der Waals surface area contributed by atoms with Crippen LogP contribution in [0.25, 0.3) is 0 Å². The van der Waals surface area contributed by atoms with Crippen molar-refractivity contribution in [1.29, 1.82) is 0 Å². The van der Waals surface area contributed by atoms with Crippen molar-refractivity contribution in [2.45, 2.75) is 4.21 Å². The number of thiazole rings is 1. The van der Waals surface area contributed by atoms with Gasteiger partial charge in [0, 0.05) is 6.07 Å². The van der Waals surface area contributed by atoms with Crippen molar-refractivity contribution in [3.8, 4) is 0 Å². The molecule has 0 unspecified atom stereocenters. The first-order valence-electron chi connectivity index (χ1n) is 4.58. The second-order valence-corrected chi connectivity index (χ2v) is 7.66. The molecule has 0 amide bonds. The predicted molar refractivity (Wildman–Crippen MR) is 72.0 cm³/mol. The minimum atomic E-state index is -4.05. The average molecular weight is 390 g/mol. The van der Waals surface area contributed by atoms with E-state index in [1.807, 2.05) is 4.72 Å². The molecule has 0 fully saturated rings. The summed E-state index contributed by atoms with van der Waals surface area (Å²) in [7, 11) is -4.05. The fourth-order valence-electron chi connectivity index (χ4n) is 1.16. The molecule has 0 radical (unpaired) electrons. The van der Waals surface area contributed by atoms with Gasteiger partial charge in [-0.05, 0) is 22.0 Å². The van der Waals surface area contributed by atoms with E-state index in [-0.39, 0.29) is 13.1 Å². The van der Waals surface area contributed by atoms with Crippen molar-refractivity contribution in [2.24, 2.45) is 0 Å². The molecule has 4 nitrogen and oxygen atoms in total. The van der Waals surface area contributed by atoms with E-state index in [9.17, 15) is 17.2 Å². The first kappa shape index (κ1) is 14.6. The van der Waals surface area contributed by atoms with Gasteiger partial charge in [0.15, 0.2) is 8.68 Å². The van der Waals surface area contributed by atoms with E-state index >= 15 is 0 Å². The van der Waals surface area contributed by atoms with Crippen molar-refractivity contribution in [2.75, 3.05) is 4.72 Å². The highest BCUT2D eigenvalue weighted by molar-refractivity contribution is 9.10. The maximum Gasteiger partial charge on any atom is 0.273 e. The van der Waals surface area contributed by atoms with Gasteiger partial charge in [-0.1, -0.05) is 22.9 Å². The van der Waals surface area contributed by atoms with Gasteiger partial charge in [-0.15, -0.1) is 0 Å². The van der Waals surface area contributed by atoms with E-state index in [1.165, 1.54) is 0 Å². The summed E-state index contributed by atoms with van der Waals surface area (Å²) >= 11 is 9.02. The third-order valence-corrected chi connectivity index (χ3v) is 5.52. The molecule has 2 rings (SSSR count). The molecule has 2 aromatic rings. The van der Waals surface area contributed by atoms with Gasteiger partial charge in [0.05, 0.1) is 16.4 Å². The fraction of sp³-hybridized carbons (Fsp3) is 0. The Bertz CT molecular complexity index is 736. The highest BCUT2D eigenvalue weighted by atomic mass is 79.9. The van der Waals surface area contributed by atoms with Crippen LogP contribution in [-0.4, -0.2) is 13.4 Å². The summed E-state index contributed by atoms with van der Waals surface area (Å²) < 4.78 is 52.2. The Morgan fingerprint density at radius 3 is 2.58 bits per heavy atom. The Kier molecular flexibility index (Phi) is 4.09. The van der Waals surface area contributed by atoms with Crippen molar-refractivity contribution >= 4 is 54.6 Å². The molecular weight excluding hydrogens is 386 g/mol. The summed E-state index contributed by atoms with van der Waals surface area (Å²) in [6, 6.07) is 1.56. The third kappa shape index (κ3) is 3.22. The van der Waals surface area contributed by atoms with Crippen LogP contribution in [-0.2, 0) is 10.0 Å². The van der Waals surface area contributed by atoms with Gasteiger partial charge in [-0.25, -0.2) is 22.2 Å². The van der Waals surface area contributed by atoms with Crippen LogP contribution < -0.4 is 4.72 Å². The maximum atomic E-state index is 13.5. The highest BCUT2D eigenvalue weighted by Gasteiger charge is 2.20. The third-order valence-electron chi connectivity index (χ3n) is 1.98. The fourth-order valence-corrected chi connectivity index (χ4v) is 3.83. The van der Waals surface area contributed by atoms with Crippen LogP contribution >= 0.6 is 38.9 Å². The summed E-state index contributed by atoms with van der Waals surface area (Å²) in [5, 5.41) is 0. The SMILES string of the molecule is O=S(=O)(Nc1cc(F)c(Br)cc1F)c1cnc(Cl)s1. The van der Waals surface area contributed by atoms with E-state index in [0.29, 0.717) is 11.3 Å². The first-order valence-corrected chi connectivity index (χ1v) is 8.05. The summed E-state index contributed by atoms with van der Waals surface area (Å²) in [6.45, 7) is 0. The Morgan fingerprint density at radius 2 is 2.00 bits per heavy atom. The predicted octanol–water partition coefficient (Wildman–Crippen LogP) is 3.64. The summed E-state index contributed by atoms with van der Waals surface area (Å²) in [5.41, 5.74) is -0.495. The molecule has 1 heterocycles. The van der Waals surface area contributed by atoms with Gasteiger partial charge in [0.2, 0.25) is 0 Å². The van der Waals surface area contributed by atoms with Gasteiger partial charge in [-0.2, -0.15) is 0 Å². The molecule has 0 aliphatic rings. The van der Waals surface area contributed by atoms with Crippen LogP contribution in [0.3, 0.4) is 0 Å². The van der Waals surface area contributed by atoms with E-state index in [4.69, 9.17) is 11.6 Å². The molecule has 0 spiro atoms. The van der Waals surface area contributed by atoms with E-state index in [1.54, 1.807) is 0 Å². The molecule has 1 N–H and O–H groups in total. The van der Waals surface area contributed by atoms with Gasteiger partial charge in [-0.3, -0.25) is 4.72 Å². The zero-order valence-corrected chi connectivity index (χ0v) is 12.8. The normalized spacial score (nSPS) is 11.6. The number of anilines is 1. The number of sulfonamides is 1. The topological polar surface area (TPSA) is 59.1 Å². The second-order valence-electron chi connectivity index (χ2n) is 3.28. The van der Waals surface area contributed by atoms with Crippen LogP contribution in [0.1, 0.15) is 0 Å². The number of rotatable bonds is 3. The zero-order valence-electron chi connectivity index (χ0n) is 8.82. The molecule has 10 heteroatoms. The zero-order chi connectivity index (χ0) is 14.2. The summed E-state index contributed by atoms with van der Waals surface area (Å²) in [6.07, 6.45) is 1.03. The number of nitrogens with one attached hydrogen (secondary N) is 1. The monoisotopic (exact) mass is 388 g/mol. The van der Waals surface area contributed by atoms with Gasteiger partial charge < -0.3 is 0 Å². The van der Waals surface area contributed by atoms with Crippen LogP contribution in [0.2, 0.25) is 4.47 Å². The summed E-state index contributed by atoms with van der Waals surface area (Å²) in [4.78, 5) is 3.57. The molecular formula is C9H4BrClF2N2O2S2. The maximum absolute atomic E-state index is 13.5. The van der Waals surface area contributed by atoms with Crippen LogP contribution in [0.4, 0.5) is 14.5 Å². The van der Waals surface area contributed by atoms with Gasteiger partial charge >= 0.3 is 0 Å². The Morgan fingerprint density at radius 1 is 1.32 bits per heavy atom. The number of hydrogen-bond acceptors (Lipinski definition) is 4. The Balaban J connectivity index is 2.38. The number of benzene rings is 1. The molecule has 0 saturated heterocycles. The first-order chi connectivity index (χ1) is 8.79. The number of nitrogens with zero attached hydrogens (tertiary/aromatic N) is 1. The van der Waals surface area contributed by atoms with Gasteiger partial charge in [0.25, 0.3) is 10.0 Å². The lowest BCUT2D eigenvalue weighted by atomic mass is 10.3. The lowest BCUT2D eigenvalue weighted by Gasteiger charge is -2.07. The van der Waals surface area contributed by atoms with E-state index in [2.05, 4.69) is 20.9 Å². The molecule has 19 heavy (non-hydrogen) atoms. The van der Waals surface area contributed by atoms with Crippen LogP contribution in [0.5, 0.6) is 0 Å².